The third kappa shape index (κ3) is 6.45. The zero-order chi connectivity index (χ0) is 28.3. The number of piperazine rings is 1. The molecule has 3 aromatic rings. The summed E-state index contributed by atoms with van der Waals surface area (Å²) < 4.78 is 39.1. The van der Waals surface area contributed by atoms with Crippen molar-refractivity contribution >= 4 is 61.1 Å². The average molecular weight is 607 g/mol. The lowest BCUT2D eigenvalue weighted by molar-refractivity contribution is -0.154. The molecule has 1 atom stereocenters. The van der Waals surface area contributed by atoms with Crippen LogP contribution in [-0.2, 0) is 35.6 Å². The number of aliphatic carboxylic acids is 1. The van der Waals surface area contributed by atoms with Crippen LogP contribution in [0.15, 0.2) is 57.8 Å². The van der Waals surface area contributed by atoms with Crippen molar-refractivity contribution in [1.82, 2.24) is 14.6 Å². The zero-order valence-electron chi connectivity index (χ0n) is 21.2. The molecule has 0 saturated carbocycles. The van der Waals surface area contributed by atoms with Crippen molar-refractivity contribution in [3.05, 3.63) is 64.7 Å². The Hall–Kier alpha value is -3.07. The second kappa shape index (κ2) is 12.2. The first-order valence-corrected chi connectivity index (χ1v) is 15.1. The van der Waals surface area contributed by atoms with Gasteiger partial charge in [-0.1, -0.05) is 41.9 Å². The third-order valence-corrected chi connectivity index (χ3v) is 10.1. The molecule has 2 N–H and O–H groups in total. The molecule has 3 heterocycles. The number of nitrogens with one attached hydrogen (secondary N) is 1. The van der Waals surface area contributed by atoms with E-state index in [0.29, 0.717) is 46.9 Å². The number of rotatable bonds is 10. The molecule has 2 aliphatic rings. The fraction of sp³-hybridized carbons (Fsp3) is 0.346. The number of carboxylic acids is 1. The van der Waals surface area contributed by atoms with Crippen LogP contribution in [0.1, 0.15) is 17.5 Å². The van der Waals surface area contributed by atoms with Crippen molar-refractivity contribution in [2.24, 2.45) is 5.10 Å². The molecule has 1 aromatic heterocycles. The number of carbonyl (C=O) groups excluding carboxylic acids is 1. The van der Waals surface area contributed by atoms with E-state index in [0.717, 1.165) is 21.2 Å². The van der Waals surface area contributed by atoms with Crippen molar-refractivity contribution < 1.29 is 32.6 Å². The zero-order valence-corrected chi connectivity index (χ0v) is 23.6. The highest BCUT2D eigenvalue weighted by molar-refractivity contribution is 7.91. The van der Waals surface area contributed by atoms with Crippen LogP contribution >= 0.6 is 22.9 Å². The molecule has 0 unspecified atom stereocenters. The normalized spacial score (nSPS) is 19.2. The molecule has 2 aromatic carbocycles. The molecule has 2 aliphatic heterocycles. The molecule has 2 saturated heterocycles. The van der Waals surface area contributed by atoms with Gasteiger partial charge in [-0.05, 0) is 34.7 Å². The van der Waals surface area contributed by atoms with Crippen LogP contribution in [-0.4, -0.2) is 86.0 Å². The Balaban J connectivity index is 1.22. The Morgan fingerprint density at radius 1 is 1.18 bits per heavy atom. The molecule has 0 bridgehead atoms. The molecule has 0 spiro atoms. The first-order valence-electron chi connectivity index (χ1n) is 12.5. The summed E-state index contributed by atoms with van der Waals surface area (Å²) in [5.41, 5.74) is 4.45. The standard InChI is InChI=1S/C26H27ClN4O7S2/c27-20-6-5-19-11-25(39-22(19)12-20)40(35,36)30-15-21(26(33)34)31(23(32)16-30)14-18-3-1-17(2-4-18)13-29-28-8-7-24-37-9-10-38-24/h1-6,11-13,21,24,28H,7-10,14-16H2,(H,33,34)/t21-/m1/s1. The second-order valence-electron chi connectivity index (χ2n) is 9.29. The summed E-state index contributed by atoms with van der Waals surface area (Å²) in [5.74, 6) is -1.86. The number of hydrazone groups is 1. The highest BCUT2D eigenvalue weighted by Crippen LogP contribution is 2.33. The average Bonchev–Trinajstić information content (AvgIpc) is 3.60. The lowest BCUT2D eigenvalue weighted by atomic mass is 10.1. The Bertz CT molecular complexity index is 1520. The lowest BCUT2D eigenvalue weighted by Crippen LogP contribution is -2.59. The van der Waals surface area contributed by atoms with Gasteiger partial charge in [0, 0.05) is 35.8 Å². The number of sulfonamides is 1. The first-order chi connectivity index (χ1) is 19.2. The van der Waals surface area contributed by atoms with Gasteiger partial charge in [0.25, 0.3) is 10.0 Å². The van der Waals surface area contributed by atoms with E-state index < -0.39 is 34.5 Å². The van der Waals surface area contributed by atoms with Gasteiger partial charge in [0.1, 0.15) is 10.3 Å². The number of carbonyl (C=O) groups is 2. The summed E-state index contributed by atoms with van der Waals surface area (Å²) in [6.07, 6.45) is 2.14. The minimum absolute atomic E-state index is 0.0297. The molecule has 14 heteroatoms. The van der Waals surface area contributed by atoms with Crippen LogP contribution < -0.4 is 5.43 Å². The molecule has 0 radical (unpaired) electrons. The van der Waals surface area contributed by atoms with E-state index in [1.165, 1.54) is 11.0 Å². The van der Waals surface area contributed by atoms with Gasteiger partial charge in [0.2, 0.25) is 5.91 Å². The molecule has 1 amide bonds. The van der Waals surface area contributed by atoms with E-state index in [2.05, 4.69) is 10.5 Å². The Kier molecular flexibility index (Phi) is 8.68. The number of benzene rings is 2. The fourth-order valence-electron chi connectivity index (χ4n) is 4.45. The summed E-state index contributed by atoms with van der Waals surface area (Å²) >= 11 is 7.05. The number of hydrogen-bond acceptors (Lipinski definition) is 9. The number of hydrogen-bond donors (Lipinski definition) is 2. The predicted molar refractivity (Wildman–Crippen MR) is 150 cm³/mol. The molecule has 212 valence electrons. The number of fused-ring (bicyclic) bond motifs is 1. The highest BCUT2D eigenvalue weighted by atomic mass is 35.5. The molecule has 11 nitrogen and oxygen atoms in total. The number of ether oxygens (including phenoxy) is 2. The number of amides is 1. The van der Waals surface area contributed by atoms with Crippen LogP contribution in [0.25, 0.3) is 10.1 Å². The Labute approximate surface area is 240 Å². The van der Waals surface area contributed by atoms with E-state index in [1.54, 1.807) is 48.7 Å². The van der Waals surface area contributed by atoms with Crippen LogP contribution in [0.2, 0.25) is 5.02 Å². The maximum atomic E-state index is 13.4. The Morgan fingerprint density at radius 2 is 1.93 bits per heavy atom. The van der Waals surface area contributed by atoms with Crippen molar-refractivity contribution in [2.45, 2.75) is 29.5 Å². The molecular weight excluding hydrogens is 580 g/mol. The summed E-state index contributed by atoms with van der Waals surface area (Å²) in [5, 5.41) is 15.2. The summed E-state index contributed by atoms with van der Waals surface area (Å²) in [4.78, 5) is 26.4. The van der Waals surface area contributed by atoms with Crippen LogP contribution in [0.4, 0.5) is 0 Å². The molecule has 5 rings (SSSR count). The topological polar surface area (TPSA) is 138 Å². The highest BCUT2D eigenvalue weighted by Gasteiger charge is 2.42. The molecule has 2 fully saturated rings. The minimum Gasteiger partial charge on any atom is -0.480 e. The molecular formula is C26H27ClN4O7S2. The van der Waals surface area contributed by atoms with Crippen LogP contribution in [0.5, 0.6) is 0 Å². The van der Waals surface area contributed by atoms with Crippen LogP contribution in [0, 0.1) is 0 Å². The predicted octanol–water partition coefficient (Wildman–Crippen LogP) is 2.73. The van der Waals surface area contributed by atoms with Crippen molar-refractivity contribution in [1.29, 1.82) is 0 Å². The van der Waals surface area contributed by atoms with Crippen molar-refractivity contribution in [3.8, 4) is 0 Å². The SMILES string of the molecule is O=C(O)[C@H]1CN(S(=O)(=O)c2cc3ccc(Cl)cc3s2)CC(=O)N1Cc1ccc(C=NNCCC2OCCO2)cc1. The van der Waals surface area contributed by atoms with E-state index >= 15 is 0 Å². The fourth-order valence-corrected chi connectivity index (χ4v) is 7.67. The van der Waals surface area contributed by atoms with Crippen LogP contribution in [0.3, 0.4) is 0 Å². The van der Waals surface area contributed by atoms with Gasteiger partial charge in [-0.25, -0.2) is 13.2 Å². The first kappa shape index (κ1) is 28.5. The van der Waals surface area contributed by atoms with Gasteiger partial charge in [-0.2, -0.15) is 9.41 Å². The third-order valence-electron chi connectivity index (χ3n) is 6.54. The molecule has 40 heavy (non-hydrogen) atoms. The maximum absolute atomic E-state index is 13.4. The van der Waals surface area contributed by atoms with Gasteiger partial charge >= 0.3 is 5.97 Å². The van der Waals surface area contributed by atoms with Gasteiger partial charge in [-0.15, -0.1) is 11.3 Å². The van der Waals surface area contributed by atoms with Gasteiger partial charge in [-0.3, -0.25) is 4.79 Å². The largest absolute Gasteiger partial charge is 0.480 e. The minimum atomic E-state index is -4.09. The van der Waals surface area contributed by atoms with Gasteiger partial charge in [0.05, 0.1) is 26.0 Å². The molecule has 0 aliphatic carbocycles. The van der Waals surface area contributed by atoms with Crippen molar-refractivity contribution in [2.75, 3.05) is 32.8 Å². The second-order valence-corrected chi connectivity index (χ2v) is 13.0. The van der Waals surface area contributed by atoms with Crippen molar-refractivity contribution in [3.63, 3.8) is 0 Å². The summed E-state index contributed by atoms with van der Waals surface area (Å²) in [7, 11) is -4.09. The van der Waals surface area contributed by atoms with Gasteiger partial charge in [0.15, 0.2) is 6.29 Å². The number of thiophene rings is 1. The smallest absolute Gasteiger partial charge is 0.327 e. The quantitative estimate of drug-likeness (QED) is 0.204. The monoisotopic (exact) mass is 606 g/mol. The Morgan fingerprint density at radius 3 is 2.65 bits per heavy atom. The summed E-state index contributed by atoms with van der Waals surface area (Å²) in [6.45, 7) is 1.03. The van der Waals surface area contributed by atoms with E-state index in [-0.39, 0.29) is 23.6 Å². The number of halogens is 1. The maximum Gasteiger partial charge on any atom is 0.327 e. The number of nitrogens with zero attached hydrogens (tertiary/aromatic N) is 3. The van der Waals surface area contributed by atoms with E-state index in [1.807, 2.05) is 0 Å². The number of carboxylic acid groups (broad SMARTS) is 1. The van der Waals surface area contributed by atoms with E-state index in [4.69, 9.17) is 21.1 Å². The lowest BCUT2D eigenvalue weighted by Gasteiger charge is -2.38. The van der Waals surface area contributed by atoms with Gasteiger partial charge < -0.3 is 24.9 Å². The van der Waals surface area contributed by atoms with E-state index in [9.17, 15) is 23.1 Å². The summed E-state index contributed by atoms with van der Waals surface area (Å²) in [6, 6.07) is 12.4.